The molecule has 0 unspecified atom stereocenters. The van der Waals surface area contributed by atoms with Gasteiger partial charge in [-0.25, -0.2) is 14.0 Å². The number of halogens is 7. The number of cyclic esters (lactones) is 1. The van der Waals surface area contributed by atoms with Crippen molar-refractivity contribution in [3.63, 3.8) is 0 Å². The second-order valence-electron chi connectivity index (χ2n) is 12.7. The van der Waals surface area contributed by atoms with Crippen LogP contribution in [0.15, 0.2) is 66.2 Å². The lowest BCUT2D eigenvalue weighted by molar-refractivity contribution is -0.143. The summed E-state index contributed by atoms with van der Waals surface area (Å²) in [5, 5.41) is 0. The Labute approximate surface area is 267 Å². The van der Waals surface area contributed by atoms with Crippen molar-refractivity contribution in [2.24, 2.45) is 5.41 Å². The number of methoxy groups -OCH3 is 1. The Kier molecular flexibility index (Phi) is 8.93. The Bertz CT molecular complexity index is 1690. The largest absolute Gasteiger partial charge is 0.465 e. The van der Waals surface area contributed by atoms with Gasteiger partial charge in [0.2, 0.25) is 0 Å². The van der Waals surface area contributed by atoms with Gasteiger partial charge in [-0.2, -0.15) is 26.3 Å². The number of carbonyl (C=O) groups is 2. The lowest BCUT2D eigenvalue weighted by Gasteiger charge is -2.35. The minimum atomic E-state index is -5.05. The molecule has 0 spiro atoms. The smallest absolute Gasteiger partial charge is 0.416 e. The van der Waals surface area contributed by atoms with Crippen LogP contribution in [0.3, 0.4) is 0 Å². The summed E-state index contributed by atoms with van der Waals surface area (Å²) in [5.74, 6) is -1.02. The monoisotopic (exact) mass is 663 g/mol. The minimum absolute atomic E-state index is 0.0148. The number of carbonyl (C=O) groups excluding carboxylic acids is 2. The van der Waals surface area contributed by atoms with Gasteiger partial charge in [0.05, 0.1) is 29.8 Å². The summed E-state index contributed by atoms with van der Waals surface area (Å²) in [5.41, 5.74) is -0.0715. The van der Waals surface area contributed by atoms with Gasteiger partial charge >= 0.3 is 24.4 Å². The van der Waals surface area contributed by atoms with Gasteiger partial charge in [0.25, 0.3) is 0 Å². The van der Waals surface area contributed by atoms with Crippen molar-refractivity contribution in [2.75, 3.05) is 13.7 Å². The molecule has 12 heteroatoms. The van der Waals surface area contributed by atoms with Crippen LogP contribution < -0.4 is 0 Å². The van der Waals surface area contributed by atoms with Gasteiger partial charge in [-0.3, -0.25) is 4.90 Å². The van der Waals surface area contributed by atoms with Crippen molar-refractivity contribution in [3.05, 3.63) is 99.9 Å². The molecule has 5 rings (SSSR count). The molecular formula is C35H32F7NO4. The van der Waals surface area contributed by atoms with E-state index >= 15 is 4.39 Å². The standard InChI is InChI=1S/C35H32F7NO4/c1-19-30(23-13-25(34(37,38)39)16-26(14-23)35(40,41)42)47-32(45)43(19)18-24-17-33(2,3)12-11-27(24)22-9-10-29(36)28(15-22)20-5-7-21(8-6-20)31(44)46-4/h5-10,13-16,19,30H,11-12,17-18H2,1-4H3/t19-,30-/m0/s1. The fraction of sp³-hybridized carbons (Fsp3) is 0.371. The molecule has 0 saturated carbocycles. The molecule has 1 aliphatic carbocycles. The Hall–Kier alpha value is -4.35. The lowest BCUT2D eigenvalue weighted by Crippen LogP contribution is -2.35. The summed E-state index contributed by atoms with van der Waals surface area (Å²) in [4.78, 5) is 26.3. The Morgan fingerprint density at radius 3 is 2.11 bits per heavy atom. The highest BCUT2D eigenvalue weighted by Gasteiger charge is 2.44. The van der Waals surface area contributed by atoms with Crippen LogP contribution in [0.4, 0.5) is 35.5 Å². The maximum Gasteiger partial charge on any atom is 0.416 e. The Balaban J connectivity index is 1.50. The van der Waals surface area contributed by atoms with E-state index in [0.717, 1.165) is 17.6 Å². The molecule has 1 fully saturated rings. The van der Waals surface area contributed by atoms with Gasteiger partial charge in [0, 0.05) is 12.1 Å². The van der Waals surface area contributed by atoms with E-state index in [1.54, 1.807) is 24.3 Å². The number of allylic oxidation sites excluding steroid dienone is 1. The SMILES string of the molecule is COC(=O)c1ccc(-c2cc(C3=C(CN4C(=O)O[C@H](c5cc(C(F)(F)F)cc(C(F)(F)F)c5)[C@@H]4C)CC(C)(C)CC3)ccc2F)cc1. The molecule has 250 valence electrons. The molecular weight excluding hydrogens is 631 g/mol. The first-order valence-corrected chi connectivity index (χ1v) is 14.8. The van der Waals surface area contributed by atoms with E-state index in [1.165, 1.54) is 37.1 Å². The van der Waals surface area contributed by atoms with Crippen LogP contribution in [-0.2, 0) is 21.8 Å². The van der Waals surface area contributed by atoms with Crippen LogP contribution in [0.5, 0.6) is 0 Å². The zero-order valence-electron chi connectivity index (χ0n) is 26.0. The molecule has 1 heterocycles. The fourth-order valence-electron chi connectivity index (χ4n) is 6.26. The molecule has 1 saturated heterocycles. The lowest BCUT2D eigenvalue weighted by atomic mass is 9.72. The molecule has 5 nitrogen and oxygen atoms in total. The van der Waals surface area contributed by atoms with Gasteiger partial charge in [-0.05, 0) is 102 Å². The number of alkyl halides is 6. The zero-order chi connectivity index (χ0) is 34.5. The molecule has 1 amide bonds. The van der Waals surface area contributed by atoms with Crippen molar-refractivity contribution >= 4 is 17.6 Å². The second kappa shape index (κ2) is 12.4. The number of amides is 1. The van der Waals surface area contributed by atoms with Crippen molar-refractivity contribution in [1.29, 1.82) is 0 Å². The second-order valence-corrected chi connectivity index (χ2v) is 12.7. The third-order valence-electron chi connectivity index (χ3n) is 8.79. The summed E-state index contributed by atoms with van der Waals surface area (Å²) >= 11 is 0. The molecule has 1 aliphatic heterocycles. The molecule has 3 aromatic carbocycles. The first kappa shape index (κ1) is 34.0. The first-order chi connectivity index (χ1) is 21.9. The molecule has 0 aromatic heterocycles. The van der Waals surface area contributed by atoms with Crippen LogP contribution in [0.25, 0.3) is 16.7 Å². The van der Waals surface area contributed by atoms with E-state index in [2.05, 4.69) is 13.8 Å². The van der Waals surface area contributed by atoms with E-state index in [1.807, 2.05) is 0 Å². The number of hydrogen-bond donors (Lipinski definition) is 0. The summed E-state index contributed by atoms with van der Waals surface area (Å²) < 4.78 is 107. The summed E-state index contributed by atoms with van der Waals surface area (Å²) in [7, 11) is 1.26. The number of esters is 1. The number of nitrogens with zero attached hydrogens (tertiary/aromatic N) is 1. The number of ether oxygens (including phenoxy) is 2. The number of rotatable bonds is 6. The van der Waals surface area contributed by atoms with E-state index in [0.29, 0.717) is 41.7 Å². The minimum Gasteiger partial charge on any atom is -0.465 e. The van der Waals surface area contributed by atoms with Crippen LogP contribution in [-0.4, -0.2) is 36.7 Å². The summed E-state index contributed by atoms with van der Waals surface area (Å²) in [6.45, 7) is 5.64. The van der Waals surface area contributed by atoms with Crippen LogP contribution in [0.1, 0.15) is 78.7 Å². The predicted octanol–water partition coefficient (Wildman–Crippen LogP) is 9.86. The van der Waals surface area contributed by atoms with E-state index in [-0.39, 0.29) is 23.6 Å². The van der Waals surface area contributed by atoms with Gasteiger partial charge in [-0.15, -0.1) is 0 Å². The zero-order valence-corrected chi connectivity index (χ0v) is 26.0. The van der Waals surface area contributed by atoms with Crippen molar-refractivity contribution < 1.29 is 49.8 Å². The first-order valence-electron chi connectivity index (χ1n) is 14.8. The highest BCUT2D eigenvalue weighted by Crippen LogP contribution is 2.45. The van der Waals surface area contributed by atoms with Gasteiger partial charge in [0.15, 0.2) is 0 Å². The van der Waals surface area contributed by atoms with Crippen LogP contribution in [0.2, 0.25) is 0 Å². The van der Waals surface area contributed by atoms with Crippen molar-refractivity contribution in [3.8, 4) is 11.1 Å². The number of hydrogen-bond acceptors (Lipinski definition) is 4. The fourth-order valence-corrected chi connectivity index (χ4v) is 6.26. The third-order valence-corrected chi connectivity index (χ3v) is 8.79. The highest BCUT2D eigenvalue weighted by atomic mass is 19.4. The average Bonchev–Trinajstić information content (AvgIpc) is 3.28. The van der Waals surface area contributed by atoms with E-state index in [4.69, 9.17) is 9.47 Å². The molecule has 3 aromatic rings. The molecule has 2 aliphatic rings. The third kappa shape index (κ3) is 7.16. The normalized spacial score (nSPS) is 20.0. The van der Waals surface area contributed by atoms with E-state index < -0.39 is 59.1 Å². The van der Waals surface area contributed by atoms with Crippen LogP contribution >= 0.6 is 0 Å². The summed E-state index contributed by atoms with van der Waals surface area (Å²) in [6.07, 6.45) is -10.5. The molecule has 47 heavy (non-hydrogen) atoms. The molecule has 0 radical (unpaired) electrons. The predicted molar refractivity (Wildman–Crippen MR) is 160 cm³/mol. The van der Waals surface area contributed by atoms with Gasteiger partial charge < -0.3 is 9.47 Å². The molecule has 0 bridgehead atoms. The van der Waals surface area contributed by atoms with Gasteiger partial charge in [-0.1, -0.05) is 32.0 Å². The summed E-state index contributed by atoms with van der Waals surface area (Å²) in [6, 6.07) is 11.2. The maximum absolute atomic E-state index is 15.1. The van der Waals surface area contributed by atoms with Gasteiger partial charge in [0.1, 0.15) is 11.9 Å². The van der Waals surface area contributed by atoms with Crippen molar-refractivity contribution in [1.82, 2.24) is 4.90 Å². The Morgan fingerprint density at radius 2 is 1.53 bits per heavy atom. The highest BCUT2D eigenvalue weighted by molar-refractivity contribution is 5.90. The van der Waals surface area contributed by atoms with E-state index in [9.17, 15) is 35.9 Å². The molecule has 2 atom stereocenters. The molecule has 0 N–H and O–H groups in total. The van der Waals surface area contributed by atoms with Crippen LogP contribution in [0, 0.1) is 11.2 Å². The average molecular weight is 664 g/mol. The van der Waals surface area contributed by atoms with Crippen molar-refractivity contribution in [2.45, 2.75) is 64.5 Å². The Morgan fingerprint density at radius 1 is 0.936 bits per heavy atom. The maximum atomic E-state index is 15.1. The topological polar surface area (TPSA) is 55.8 Å². The quantitative estimate of drug-likeness (QED) is 0.195. The number of benzene rings is 3.